The van der Waals surface area contributed by atoms with E-state index < -0.39 is 0 Å². The Morgan fingerprint density at radius 1 is 0.700 bits per heavy atom. The minimum atomic E-state index is 0.969. The Labute approximate surface area is 121 Å². The van der Waals surface area contributed by atoms with Gasteiger partial charge in [0.1, 0.15) is 0 Å². The van der Waals surface area contributed by atoms with Crippen LogP contribution in [0.15, 0.2) is 97.2 Å². The second-order valence-electron chi connectivity index (χ2n) is 4.37. The third-order valence-corrected chi connectivity index (χ3v) is 2.79. The SMILES string of the molecule is C(=CC=CNc1ccccc1)C=CCc1ccccc1. The summed E-state index contributed by atoms with van der Waals surface area (Å²) in [5.74, 6) is 0. The fraction of sp³-hybridized carbons (Fsp3) is 0.0526. The van der Waals surface area contributed by atoms with Gasteiger partial charge in [-0.05, 0) is 30.2 Å². The summed E-state index contributed by atoms with van der Waals surface area (Å²) in [5, 5.41) is 3.21. The lowest BCUT2D eigenvalue weighted by molar-refractivity contribution is 1.27. The number of anilines is 1. The first-order chi connectivity index (χ1) is 9.95. The number of rotatable bonds is 6. The maximum Gasteiger partial charge on any atom is 0.0379 e. The maximum absolute atomic E-state index is 3.21. The topological polar surface area (TPSA) is 12.0 Å². The highest BCUT2D eigenvalue weighted by atomic mass is 14.8. The van der Waals surface area contributed by atoms with Crippen LogP contribution in [0.5, 0.6) is 0 Å². The van der Waals surface area contributed by atoms with Crippen LogP contribution in [-0.4, -0.2) is 0 Å². The summed E-state index contributed by atoms with van der Waals surface area (Å²) in [5.41, 5.74) is 2.43. The van der Waals surface area contributed by atoms with E-state index in [0.29, 0.717) is 0 Å². The predicted molar refractivity (Wildman–Crippen MR) is 87.6 cm³/mol. The molecule has 1 nitrogen and oxygen atoms in total. The molecule has 0 saturated heterocycles. The highest BCUT2D eigenvalue weighted by molar-refractivity contribution is 5.45. The van der Waals surface area contributed by atoms with Gasteiger partial charge in [-0.15, -0.1) is 0 Å². The van der Waals surface area contributed by atoms with Crippen LogP contribution in [0.1, 0.15) is 5.56 Å². The van der Waals surface area contributed by atoms with Crippen molar-refractivity contribution in [1.29, 1.82) is 0 Å². The minimum absolute atomic E-state index is 0.969. The van der Waals surface area contributed by atoms with Crippen LogP contribution in [-0.2, 0) is 6.42 Å². The quantitative estimate of drug-likeness (QED) is 0.724. The second kappa shape index (κ2) is 8.54. The first-order valence-corrected chi connectivity index (χ1v) is 6.79. The first-order valence-electron chi connectivity index (χ1n) is 6.79. The Morgan fingerprint density at radius 3 is 2.10 bits per heavy atom. The highest BCUT2D eigenvalue weighted by Crippen LogP contribution is 2.04. The van der Waals surface area contributed by atoms with E-state index in [-0.39, 0.29) is 0 Å². The molecule has 100 valence electrons. The van der Waals surface area contributed by atoms with Gasteiger partial charge in [0.05, 0.1) is 0 Å². The highest BCUT2D eigenvalue weighted by Gasteiger charge is 1.84. The van der Waals surface area contributed by atoms with E-state index in [9.17, 15) is 0 Å². The molecule has 0 bridgehead atoms. The van der Waals surface area contributed by atoms with Crippen LogP contribution in [0.3, 0.4) is 0 Å². The van der Waals surface area contributed by atoms with Gasteiger partial charge < -0.3 is 5.32 Å². The molecular formula is C19H19N. The Balaban J connectivity index is 1.69. The molecule has 2 aromatic rings. The molecule has 2 aromatic carbocycles. The molecule has 0 aromatic heterocycles. The Kier molecular flexibility index (Phi) is 5.93. The van der Waals surface area contributed by atoms with Crippen LogP contribution in [0.4, 0.5) is 5.69 Å². The van der Waals surface area contributed by atoms with E-state index in [4.69, 9.17) is 0 Å². The van der Waals surface area contributed by atoms with Crippen LogP contribution in [0, 0.1) is 0 Å². The van der Waals surface area contributed by atoms with Crippen LogP contribution >= 0.6 is 0 Å². The monoisotopic (exact) mass is 261 g/mol. The minimum Gasteiger partial charge on any atom is -0.362 e. The van der Waals surface area contributed by atoms with Crippen LogP contribution in [0.2, 0.25) is 0 Å². The van der Waals surface area contributed by atoms with E-state index in [1.165, 1.54) is 5.56 Å². The fourth-order valence-corrected chi connectivity index (χ4v) is 1.76. The summed E-state index contributed by atoms with van der Waals surface area (Å²) >= 11 is 0. The van der Waals surface area contributed by atoms with E-state index >= 15 is 0 Å². The molecule has 0 spiro atoms. The van der Waals surface area contributed by atoms with Crippen molar-refractivity contribution in [2.24, 2.45) is 0 Å². The van der Waals surface area contributed by atoms with Gasteiger partial charge in [-0.3, -0.25) is 0 Å². The fourth-order valence-electron chi connectivity index (χ4n) is 1.76. The zero-order chi connectivity index (χ0) is 13.9. The Hall–Kier alpha value is -2.54. The maximum atomic E-state index is 3.21. The van der Waals surface area contributed by atoms with Crippen molar-refractivity contribution in [3.63, 3.8) is 0 Å². The predicted octanol–water partition coefficient (Wildman–Crippen LogP) is 4.97. The summed E-state index contributed by atoms with van der Waals surface area (Å²) in [7, 11) is 0. The standard InChI is InChI=1S/C19H19N/c1(2-6-12-18-13-7-4-8-14-18)3-11-17-20-19-15-9-5-10-16-19/h1-11,13-17,20H,12H2. The lowest BCUT2D eigenvalue weighted by Gasteiger charge is -1.97. The average molecular weight is 261 g/mol. The van der Waals surface area contributed by atoms with Gasteiger partial charge in [0.15, 0.2) is 0 Å². The smallest absolute Gasteiger partial charge is 0.0379 e. The van der Waals surface area contributed by atoms with Gasteiger partial charge in [-0.1, -0.05) is 72.8 Å². The largest absolute Gasteiger partial charge is 0.362 e. The van der Waals surface area contributed by atoms with E-state index in [2.05, 4.69) is 41.7 Å². The molecule has 0 unspecified atom stereocenters. The molecule has 0 aliphatic carbocycles. The third kappa shape index (κ3) is 5.40. The normalized spacial score (nSPS) is 11.6. The summed E-state index contributed by atoms with van der Waals surface area (Å²) < 4.78 is 0. The van der Waals surface area contributed by atoms with E-state index in [1.54, 1.807) is 0 Å². The first kappa shape index (κ1) is 13.9. The average Bonchev–Trinajstić information content (AvgIpc) is 2.52. The van der Waals surface area contributed by atoms with Crippen LogP contribution < -0.4 is 5.32 Å². The zero-order valence-electron chi connectivity index (χ0n) is 11.4. The number of allylic oxidation sites excluding steroid dienone is 5. The van der Waals surface area contributed by atoms with Crippen molar-refractivity contribution in [3.8, 4) is 0 Å². The molecule has 2 rings (SSSR count). The Morgan fingerprint density at radius 2 is 1.35 bits per heavy atom. The molecule has 20 heavy (non-hydrogen) atoms. The molecule has 0 aliphatic heterocycles. The van der Waals surface area contributed by atoms with Crippen molar-refractivity contribution < 1.29 is 0 Å². The van der Waals surface area contributed by atoms with Gasteiger partial charge in [0, 0.05) is 11.9 Å². The van der Waals surface area contributed by atoms with E-state index in [1.807, 2.05) is 60.8 Å². The second-order valence-corrected chi connectivity index (χ2v) is 4.37. The number of hydrogen-bond acceptors (Lipinski definition) is 1. The molecule has 0 saturated carbocycles. The van der Waals surface area contributed by atoms with Gasteiger partial charge in [-0.2, -0.15) is 0 Å². The summed E-state index contributed by atoms with van der Waals surface area (Å²) in [6.07, 6.45) is 13.2. The molecule has 0 atom stereocenters. The van der Waals surface area contributed by atoms with Crippen molar-refractivity contribution in [3.05, 3.63) is 103 Å². The zero-order valence-corrected chi connectivity index (χ0v) is 11.4. The third-order valence-electron chi connectivity index (χ3n) is 2.79. The number of hydrogen-bond donors (Lipinski definition) is 1. The van der Waals surface area contributed by atoms with Gasteiger partial charge >= 0.3 is 0 Å². The lowest BCUT2D eigenvalue weighted by Crippen LogP contribution is -1.84. The van der Waals surface area contributed by atoms with Crippen molar-refractivity contribution in [1.82, 2.24) is 0 Å². The summed E-state index contributed by atoms with van der Waals surface area (Å²) in [6, 6.07) is 20.5. The summed E-state index contributed by atoms with van der Waals surface area (Å²) in [6.45, 7) is 0. The summed E-state index contributed by atoms with van der Waals surface area (Å²) in [4.78, 5) is 0. The van der Waals surface area contributed by atoms with Crippen LogP contribution in [0.25, 0.3) is 0 Å². The van der Waals surface area contributed by atoms with E-state index in [0.717, 1.165) is 12.1 Å². The van der Waals surface area contributed by atoms with Crippen molar-refractivity contribution in [2.45, 2.75) is 6.42 Å². The molecule has 0 fully saturated rings. The lowest BCUT2D eigenvalue weighted by atomic mass is 10.1. The molecule has 1 heteroatoms. The molecule has 0 radical (unpaired) electrons. The number of para-hydroxylation sites is 1. The van der Waals surface area contributed by atoms with Crippen molar-refractivity contribution >= 4 is 5.69 Å². The molecular weight excluding hydrogens is 242 g/mol. The molecule has 0 amide bonds. The van der Waals surface area contributed by atoms with Gasteiger partial charge in [-0.25, -0.2) is 0 Å². The molecule has 0 heterocycles. The number of benzene rings is 2. The van der Waals surface area contributed by atoms with Gasteiger partial charge in [0.2, 0.25) is 0 Å². The molecule has 0 aliphatic rings. The molecule has 1 N–H and O–H groups in total. The van der Waals surface area contributed by atoms with Crippen molar-refractivity contribution in [2.75, 3.05) is 5.32 Å². The Bertz CT molecular complexity index is 512. The van der Waals surface area contributed by atoms with Gasteiger partial charge in [0.25, 0.3) is 0 Å². The number of nitrogens with one attached hydrogen (secondary N) is 1.